The van der Waals surface area contributed by atoms with Crippen molar-refractivity contribution in [2.75, 3.05) is 39.6 Å². The lowest BCUT2D eigenvalue weighted by atomic mass is 10.0. The highest BCUT2D eigenvalue weighted by Gasteiger charge is 2.22. The van der Waals surface area contributed by atoms with E-state index < -0.39 is 5.91 Å². The number of methoxy groups -OCH3 is 1. The van der Waals surface area contributed by atoms with Gasteiger partial charge in [-0.25, -0.2) is 0 Å². The Kier molecular flexibility index (Phi) is 8.24. The van der Waals surface area contributed by atoms with E-state index >= 15 is 0 Å². The minimum absolute atomic E-state index is 0. The second-order valence-corrected chi connectivity index (χ2v) is 7.64. The number of nitrogens with one attached hydrogen (secondary N) is 2. The molecular weight excluding hydrogens is 420 g/mol. The summed E-state index contributed by atoms with van der Waals surface area (Å²) < 4.78 is 6.99. The second-order valence-electron chi connectivity index (χ2n) is 7.64. The molecule has 168 valence electrons. The highest BCUT2D eigenvalue weighted by Crippen LogP contribution is 2.27. The first-order valence-electron chi connectivity index (χ1n) is 9.97. The van der Waals surface area contributed by atoms with Gasteiger partial charge in [-0.1, -0.05) is 0 Å². The molecule has 0 saturated carbocycles. The summed E-state index contributed by atoms with van der Waals surface area (Å²) in [6.45, 7) is 3.43. The molecule has 1 fully saturated rings. The fourth-order valence-electron chi connectivity index (χ4n) is 3.67. The van der Waals surface area contributed by atoms with Crippen molar-refractivity contribution < 1.29 is 14.3 Å². The fraction of sp³-hybridized carbons (Fsp3) is 0.409. The van der Waals surface area contributed by atoms with Crippen LogP contribution in [0.4, 0.5) is 5.69 Å². The number of halogens is 1. The van der Waals surface area contributed by atoms with Gasteiger partial charge >= 0.3 is 0 Å². The largest absolute Gasteiger partial charge is 0.495 e. The van der Waals surface area contributed by atoms with Gasteiger partial charge in [-0.05, 0) is 62.7 Å². The first-order valence-corrected chi connectivity index (χ1v) is 9.97. The van der Waals surface area contributed by atoms with Gasteiger partial charge in [-0.2, -0.15) is 0 Å². The predicted molar refractivity (Wildman–Crippen MR) is 123 cm³/mol. The van der Waals surface area contributed by atoms with E-state index in [0.29, 0.717) is 22.6 Å². The van der Waals surface area contributed by atoms with E-state index in [1.807, 2.05) is 0 Å². The van der Waals surface area contributed by atoms with Gasteiger partial charge in [0.15, 0.2) is 0 Å². The Bertz CT molecular complexity index is 1010. The molecule has 2 aromatic rings. The zero-order valence-corrected chi connectivity index (χ0v) is 19.0. The van der Waals surface area contributed by atoms with Crippen LogP contribution in [0.3, 0.4) is 0 Å². The molecule has 0 unspecified atom stereocenters. The average molecular weight is 449 g/mol. The van der Waals surface area contributed by atoms with Crippen molar-refractivity contribution in [1.82, 2.24) is 14.8 Å². The Morgan fingerprint density at radius 1 is 1.19 bits per heavy atom. The minimum Gasteiger partial charge on any atom is -0.495 e. The van der Waals surface area contributed by atoms with Crippen LogP contribution in [0.25, 0.3) is 0 Å². The van der Waals surface area contributed by atoms with Crippen LogP contribution in [0.15, 0.2) is 35.3 Å². The quantitative estimate of drug-likeness (QED) is 0.733. The summed E-state index contributed by atoms with van der Waals surface area (Å²) in [5.74, 6) is -0.309. The van der Waals surface area contributed by atoms with Crippen molar-refractivity contribution in [3.63, 3.8) is 0 Å². The number of amides is 2. The van der Waals surface area contributed by atoms with Gasteiger partial charge in [0.05, 0.1) is 12.8 Å². The molecule has 8 nitrogen and oxygen atoms in total. The number of benzene rings is 1. The molecule has 0 aliphatic carbocycles. The Morgan fingerprint density at radius 3 is 2.48 bits per heavy atom. The summed E-state index contributed by atoms with van der Waals surface area (Å²) in [7, 11) is 4.79. The van der Waals surface area contributed by atoms with E-state index in [2.05, 4.69) is 10.6 Å². The van der Waals surface area contributed by atoms with Crippen molar-refractivity contribution in [2.45, 2.75) is 25.8 Å². The topological polar surface area (TPSA) is 92.7 Å². The third-order valence-electron chi connectivity index (χ3n) is 5.36. The molecular formula is C22H29ClN4O4. The van der Waals surface area contributed by atoms with Crippen LogP contribution in [-0.4, -0.2) is 55.6 Å². The molecule has 1 aliphatic heterocycles. The molecule has 2 heterocycles. The molecule has 31 heavy (non-hydrogen) atoms. The predicted octanol–water partition coefficient (Wildman–Crippen LogP) is 2.47. The molecule has 0 atom stereocenters. The van der Waals surface area contributed by atoms with Crippen LogP contribution in [0.5, 0.6) is 5.75 Å². The minimum atomic E-state index is -0.520. The van der Waals surface area contributed by atoms with E-state index in [-0.39, 0.29) is 35.5 Å². The first kappa shape index (κ1) is 24.4. The number of ether oxygens (including phenoxy) is 1. The molecule has 0 spiro atoms. The van der Waals surface area contributed by atoms with Gasteiger partial charge < -0.3 is 24.8 Å². The number of aryl methyl sites for hydroxylation is 1. The van der Waals surface area contributed by atoms with E-state index in [0.717, 1.165) is 25.9 Å². The average Bonchev–Trinajstić information content (AvgIpc) is 2.73. The van der Waals surface area contributed by atoms with E-state index in [1.54, 1.807) is 56.0 Å². The van der Waals surface area contributed by atoms with Gasteiger partial charge in [0.2, 0.25) is 0 Å². The Balaban J connectivity index is 0.00000341. The van der Waals surface area contributed by atoms with Crippen molar-refractivity contribution in [2.24, 2.45) is 0 Å². The maximum atomic E-state index is 13.1. The zero-order valence-electron chi connectivity index (χ0n) is 18.2. The number of aromatic nitrogens is 1. The molecule has 0 radical (unpaired) electrons. The van der Waals surface area contributed by atoms with Crippen LogP contribution in [0, 0.1) is 6.92 Å². The second kappa shape index (κ2) is 10.5. The lowest BCUT2D eigenvalue weighted by Gasteiger charge is -2.25. The summed E-state index contributed by atoms with van der Waals surface area (Å²) in [5, 5.41) is 6.04. The van der Waals surface area contributed by atoms with Gasteiger partial charge in [-0.3, -0.25) is 14.4 Å². The summed E-state index contributed by atoms with van der Waals surface area (Å²) in [6.07, 6.45) is 3.44. The molecule has 3 rings (SSSR count). The van der Waals surface area contributed by atoms with Gasteiger partial charge in [-0.15, -0.1) is 12.4 Å². The number of hydrogen-bond donors (Lipinski definition) is 2. The molecule has 0 bridgehead atoms. The van der Waals surface area contributed by atoms with E-state index in [9.17, 15) is 14.4 Å². The first-order chi connectivity index (χ1) is 14.3. The Hall–Kier alpha value is -2.84. The van der Waals surface area contributed by atoms with Gasteiger partial charge in [0.1, 0.15) is 11.3 Å². The van der Waals surface area contributed by atoms with Crippen LogP contribution in [-0.2, 0) is 0 Å². The lowest BCUT2D eigenvalue weighted by Crippen LogP contribution is -2.37. The normalized spacial score (nSPS) is 13.8. The van der Waals surface area contributed by atoms with Crippen LogP contribution < -0.4 is 20.9 Å². The third kappa shape index (κ3) is 5.26. The molecule has 1 aliphatic rings. The standard InChI is InChI=1S/C22H28N4O4.ClH/c1-14-9-12-26(16-7-10-23-11-8-16)22(29)19(14)20(27)24-17-13-15(21(28)25(2)3)5-6-18(17)30-4;/h5-6,9,12-13,16,23H,7-8,10-11H2,1-4H3,(H,24,27);1H. The SMILES string of the molecule is COc1ccc(C(=O)N(C)C)cc1NC(=O)c1c(C)ccn(C2CCNCC2)c1=O.Cl. The maximum Gasteiger partial charge on any atom is 0.263 e. The molecule has 2 N–H and O–H groups in total. The molecule has 1 aromatic heterocycles. The zero-order chi connectivity index (χ0) is 21.8. The van der Waals surface area contributed by atoms with Crippen molar-refractivity contribution >= 4 is 29.9 Å². The highest BCUT2D eigenvalue weighted by atomic mass is 35.5. The smallest absolute Gasteiger partial charge is 0.263 e. The molecule has 2 amide bonds. The monoisotopic (exact) mass is 448 g/mol. The lowest BCUT2D eigenvalue weighted by molar-refractivity contribution is 0.0827. The Morgan fingerprint density at radius 2 is 1.87 bits per heavy atom. The van der Waals surface area contributed by atoms with Gasteiger partial charge in [0.25, 0.3) is 17.4 Å². The van der Waals surface area contributed by atoms with Crippen LogP contribution >= 0.6 is 12.4 Å². The molecule has 9 heteroatoms. The summed E-state index contributed by atoms with van der Waals surface area (Å²) >= 11 is 0. The summed E-state index contributed by atoms with van der Waals surface area (Å²) in [5.41, 5.74) is 1.14. The molecule has 1 saturated heterocycles. The number of piperidine rings is 1. The maximum absolute atomic E-state index is 13.1. The van der Waals surface area contributed by atoms with Gasteiger partial charge in [0, 0.05) is 31.9 Å². The Labute approximate surface area is 188 Å². The highest BCUT2D eigenvalue weighted by molar-refractivity contribution is 6.06. The number of rotatable bonds is 5. The van der Waals surface area contributed by atoms with Crippen molar-refractivity contribution in [3.8, 4) is 5.75 Å². The van der Waals surface area contributed by atoms with E-state index in [1.165, 1.54) is 12.0 Å². The number of pyridine rings is 1. The van der Waals surface area contributed by atoms with Crippen LogP contribution in [0.1, 0.15) is 45.2 Å². The summed E-state index contributed by atoms with van der Waals surface area (Å²) in [6, 6.07) is 6.68. The number of nitrogens with zero attached hydrogens (tertiary/aromatic N) is 2. The summed E-state index contributed by atoms with van der Waals surface area (Å²) in [4.78, 5) is 40.0. The van der Waals surface area contributed by atoms with Crippen molar-refractivity contribution in [3.05, 3.63) is 57.5 Å². The number of hydrogen-bond acceptors (Lipinski definition) is 5. The van der Waals surface area contributed by atoms with Crippen LogP contribution in [0.2, 0.25) is 0 Å². The fourth-order valence-corrected chi connectivity index (χ4v) is 3.67. The third-order valence-corrected chi connectivity index (χ3v) is 5.36. The number of carbonyl (C=O) groups is 2. The number of anilines is 1. The van der Waals surface area contributed by atoms with Crippen molar-refractivity contribution in [1.29, 1.82) is 0 Å². The molecule has 1 aromatic carbocycles. The van der Waals surface area contributed by atoms with E-state index in [4.69, 9.17) is 4.74 Å². The number of carbonyl (C=O) groups excluding carboxylic acids is 2.